The summed E-state index contributed by atoms with van der Waals surface area (Å²) in [4.78, 5) is 25.3. The van der Waals surface area contributed by atoms with E-state index in [0.29, 0.717) is 17.1 Å². The van der Waals surface area contributed by atoms with E-state index >= 15 is 0 Å². The molecule has 1 N–H and O–H groups in total. The number of aromatic nitrogens is 2. The predicted molar refractivity (Wildman–Crippen MR) is 101 cm³/mol. The van der Waals surface area contributed by atoms with E-state index in [-0.39, 0.29) is 17.1 Å². The summed E-state index contributed by atoms with van der Waals surface area (Å²) in [5.74, 6) is -0.489. The number of anilines is 1. The van der Waals surface area contributed by atoms with Gasteiger partial charge in [0.05, 0.1) is 11.4 Å². The summed E-state index contributed by atoms with van der Waals surface area (Å²) in [7, 11) is 1.75. The second-order valence-corrected chi connectivity index (χ2v) is 6.14. The van der Waals surface area contributed by atoms with Crippen LogP contribution < -0.4 is 15.6 Å². The number of nitrogens with zero attached hydrogens (tertiary/aromatic N) is 2. The Hall–Kier alpha value is -3.35. The number of hydrogen-bond acceptors (Lipinski definition) is 3. The van der Waals surface area contributed by atoms with E-state index in [2.05, 4.69) is 5.32 Å². The molecular formula is C20H20FN3O3. The predicted octanol–water partition coefficient (Wildman–Crippen LogP) is 3.03. The number of amides is 1. The molecule has 3 aromatic rings. The lowest BCUT2D eigenvalue weighted by atomic mass is 10.3. The van der Waals surface area contributed by atoms with Crippen molar-refractivity contribution in [2.24, 2.45) is 7.05 Å². The van der Waals surface area contributed by atoms with Gasteiger partial charge < -0.3 is 10.1 Å². The van der Waals surface area contributed by atoms with Gasteiger partial charge in [0.1, 0.15) is 17.3 Å². The molecule has 0 saturated heterocycles. The third-order valence-corrected chi connectivity index (χ3v) is 4.30. The molecule has 7 heteroatoms. The van der Waals surface area contributed by atoms with Crippen LogP contribution in [0.15, 0.2) is 59.4 Å². The van der Waals surface area contributed by atoms with E-state index < -0.39 is 12.0 Å². The number of rotatable bonds is 5. The highest BCUT2D eigenvalue weighted by Crippen LogP contribution is 2.16. The van der Waals surface area contributed by atoms with Gasteiger partial charge >= 0.3 is 0 Å². The smallest absolute Gasteiger partial charge is 0.295 e. The molecule has 0 aliphatic carbocycles. The highest BCUT2D eigenvalue weighted by molar-refractivity contribution is 5.94. The van der Waals surface area contributed by atoms with E-state index in [4.69, 9.17) is 4.74 Å². The number of ether oxygens (including phenoxy) is 1. The van der Waals surface area contributed by atoms with E-state index in [1.165, 1.54) is 28.9 Å². The van der Waals surface area contributed by atoms with E-state index in [1.807, 2.05) is 30.3 Å². The topological polar surface area (TPSA) is 65.3 Å². The van der Waals surface area contributed by atoms with Gasteiger partial charge in [-0.2, -0.15) is 0 Å². The summed E-state index contributed by atoms with van der Waals surface area (Å²) in [5.41, 5.74) is 1.18. The van der Waals surface area contributed by atoms with Crippen LogP contribution in [0, 0.1) is 12.7 Å². The largest absolute Gasteiger partial charge is 0.481 e. The van der Waals surface area contributed by atoms with Crippen LogP contribution in [0.25, 0.3) is 5.69 Å². The molecular weight excluding hydrogens is 349 g/mol. The minimum absolute atomic E-state index is 0.195. The van der Waals surface area contributed by atoms with Gasteiger partial charge in [0.2, 0.25) is 0 Å². The zero-order valence-corrected chi connectivity index (χ0v) is 15.3. The molecule has 1 atom stereocenters. The number of halogens is 1. The first-order valence-electron chi connectivity index (χ1n) is 8.45. The SMILES string of the molecule is Cc1c(NC(=O)[C@@H](C)Oc2ccc(F)cc2)c(=O)n(-c2ccccc2)n1C. The summed E-state index contributed by atoms with van der Waals surface area (Å²) in [5, 5.41) is 2.65. The zero-order valence-electron chi connectivity index (χ0n) is 15.3. The van der Waals surface area contributed by atoms with Gasteiger partial charge in [0.25, 0.3) is 11.5 Å². The molecule has 0 aliphatic rings. The summed E-state index contributed by atoms with van der Waals surface area (Å²) in [6, 6.07) is 14.5. The minimum Gasteiger partial charge on any atom is -0.481 e. The van der Waals surface area contributed by atoms with Crippen molar-refractivity contribution < 1.29 is 13.9 Å². The molecule has 1 amide bonds. The van der Waals surface area contributed by atoms with Gasteiger partial charge in [0, 0.05) is 7.05 Å². The van der Waals surface area contributed by atoms with Crippen molar-refractivity contribution >= 4 is 11.6 Å². The molecule has 1 heterocycles. The molecule has 3 rings (SSSR count). The highest BCUT2D eigenvalue weighted by atomic mass is 19.1. The molecule has 0 saturated carbocycles. The Kier molecular flexibility index (Phi) is 5.12. The van der Waals surface area contributed by atoms with Crippen molar-refractivity contribution in [3.05, 3.63) is 76.5 Å². The second kappa shape index (κ2) is 7.49. The number of hydrogen-bond donors (Lipinski definition) is 1. The lowest BCUT2D eigenvalue weighted by Crippen LogP contribution is -2.32. The lowest BCUT2D eigenvalue weighted by molar-refractivity contribution is -0.122. The van der Waals surface area contributed by atoms with Gasteiger partial charge in [-0.3, -0.25) is 14.3 Å². The maximum Gasteiger partial charge on any atom is 0.295 e. The monoisotopic (exact) mass is 369 g/mol. The Balaban J connectivity index is 1.82. The van der Waals surface area contributed by atoms with E-state index in [1.54, 1.807) is 25.6 Å². The molecule has 0 bridgehead atoms. The fraction of sp³-hybridized carbons (Fsp3) is 0.200. The first-order chi connectivity index (χ1) is 12.9. The fourth-order valence-corrected chi connectivity index (χ4v) is 2.71. The van der Waals surface area contributed by atoms with Crippen molar-refractivity contribution in [1.29, 1.82) is 0 Å². The van der Waals surface area contributed by atoms with Crippen molar-refractivity contribution in [3.8, 4) is 11.4 Å². The van der Waals surface area contributed by atoms with Crippen LogP contribution in [-0.4, -0.2) is 21.4 Å². The van der Waals surface area contributed by atoms with Crippen LogP contribution in [-0.2, 0) is 11.8 Å². The second-order valence-electron chi connectivity index (χ2n) is 6.14. The fourth-order valence-electron chi connectivity index (χ4n) is 2.71. The van der Waals surface area contributed by atoms with Crippen molar-refractivity contribution in [3.63, 3.8) is 0 Å². The van der Waals surface area contributed by atoms with E-state index in [9.17, 15) is 14.0 Å². The number of para-hydroxylation sites is 1. The van der Waals surface area contributed by atoms with Gasteiger partial charge in [-0.1, -0.05) is 18.2 Å². The molecule has 0 unspecified atom stereocenters. The van der Waals surface area contributed by atoms with Crippen LogP contribution in [0.1, 0.15) is 12.6 Å². The average molecular weight is 369 g/mol. The van der Waals surface area contributed by atoms with Crippen LogP contribution in [0.5, 0.6) is 5.75 Å². The minimum atomic E-state index is -0.861. The standard InChI is InChI=1S/C20H20FN3O3/c1-13-18(20(26)24(23(13)3)16-7-5-4-6-8-16)22-19(25)14(2)27-17-11-9-15(21)10-12-17/h4-12,14H,1-3H3,(H,22,25)/t14-/m1/s1. The summed E-state index contributed by atoms with van der Waals surface area (Å²) >= 11 is 0. The summed E-state index contributed by atoms with van der Waals surface area (Å²) < 4.78 is 21.6. The molecule has 0 radical (unpaired) electrons. The van der Waals surface area contributed by atoms with E-state index in [0.717, 1.165) is 0 Å². The number of nitrogens with one attached hydrogen (secondary N) is 1. The van der Waals surface area contributed by atoms with Crippen LogP contribution in [0.4, 0.5) is 10.1 Å². The third-order valence-electron chi connectivity index (χ3n) is 4.30. The number of benzene rings is 2. The molecule has 1 aromatic heterocycles. The Morgan fingerprint density at radius 2 is 1.74 bits per heavy atom. The van der Waals surface area contributed by atoms with Gasteiger partial charge in [-0.25, -0.2) is 9.07 Å². The third kappa shape index (κ3) is 3.76. The Morgan fingerprint density at radius 3 is 2.37 bits per heavy atom. The van der Waals surface area contributed by atoms with Crippen LogP contribution >= 0.6 is 0 Å². The van der Waals surface area contributed by atoms with Crippen molar-refractivity contribution in [2.75, 3.05) is 5.32 Å². The van der Waals surface area contributed by atoms with Crippen molar-refractivity contribution in [2.45, 2.75) is 20.0 Å². The first kappa shape index (κ1) is 18.4. The zero-order chi connectivity index (χ0) is 19.6. The number of carbonyl (C=O) groups is 1. The summed E-state index contributed by atoms with van der Waals surface area (Å²) in [6.45, 7) is 3.31. The normalized spacial score (nSPS) is 11.9. The lowest BCUT2D eigenvalue weighted by Gasteiger charge is -2.14. The maximum absolute atomic E-state index is 13.0. The Labute approximate surface area is 155 Å². The van der Waals surface area contributed by atoms with Crippen LogP contribution in [0.2, 0.25) is 0 Å². The van der Waals surface area contributed by atoms with Gasteiger partial charge in [0.15, 0.2) is 6.10 Å². The maximum atomic E-state index is 13.0. The Morgan fingerprint density at radius 1 is 1.11 bits per heavy atom. The molecule has 0 fully saturated rings. The molecule has 140 valence electrons. The van der Waals surface area contributed by atoms with Gasteiger partial charge in [-0.05, 0) is 50.2 Å². The molecule has 2 aromatic carbocycles. The summed E-state index contributed by atoms with van der Waals surface area (Å²) in [6.07, 6.45) is -0.861. The Bertz CT molecular complexity index is 1010. The van der Waals surface area contributed by atoms with Gasteiger partial charge in [-0.15, -0.1) is 0 Å². The van der Waals surface area contributed by atoms with Crippen LogP contribution in [0.3, 0.4) is 0 Å². The first-order valence-corrected chi connectivity index (χ1v) is 8.45. The molecule has 0 spiro atoms. The quantitative estimate of drug-likeness (QED) is 0.752. The highest BCUT2D eigenvalue weighted by Gasteiger charge is 2.21. The average Bonchev–Trinajstić information content (AvgIpc) is 2.87. The number of carbonyl (C=O) groups excluding carboxylic acids is 1. The molecule has 0 aliphatic heterocycles. The molecule has 27 heavy (non-hydrogen) atoms. The van der Waals surface area contributed by atoms with Crippen molar-refractivity contribution in [1.82, 2.24) is 9.36 Å². The molecule has 6 nitrogen and oxygen atoms in total.